The van der Waals surface area contributed by atoms with Gasteiger partial charge >= 0.3 is 5.97 Å². The highest BCUT2D eigenvalue weighted by molar-refractivity contribution is 5.97. The Balaban J connectivity index is 2.45. The topological polar surface area (TPSA) is 193 Å². The molecule has 0 radical (unpaired) electrons. The SMILES string of the molecule is CCCCC(=O)CCOCCOCCOCCOCCCC(=O)CCC(=O)N(CCC(=O)N[C@H](C(=O)C[C@@H](C)C(=O)Nc1ccc(COC(=O)C(C)(C)C)cc1)C(C)C)CCC(C)(C)C. The molecule has 3 amide bonds. The molecule has 2 atom stereocenters. The van der Waals surface area contributed by atoms with E-state index < -0.39 is 17.4 Å². The maximum Gasteiger partial charge on any atom is 0.311 e. The van der Waals surface area contributed by atoms with Crippen LogP contribution in [0.15, 0.2) is 24.3 Å². The number of amides is 3. The van der Waals surface area contributed by atoms with Crippen molar-refractivity contribution in [3.63, 3.8) is 0 Å². The van der Waals surface area contributed by atoms with E-state index in [4.69, 9.17) is 23.7 Å². The molecule has 0 bridgehead atoms. The largest absolute Gasteiger partial charge is 0.460 e. The number of hydrogen-bond acceptors (Lipinski definition) is 12. The van der Waals surface area contributed by atoms with Crippen molar-refractivity contribution in [2.75, 3.05) is 71.3 Å². The van der Waals surface area contributed by atoms with E-state index in [0.29, 0.717) is 90.8 Å². The molecule has 2 N–H and O–H groups in total. The van der Waals surface area contributed by atoms with Gasteiger partial charge in [-0.25, -0.2) is 0 Å². The van der Waals surface area contributed by atoms with Gasteiger partial charge in [0, 0.05) is 76.2 Å². The van der Waals surface area contributed by atoms with Crippen LogP contribution < -0.4 is 10.6 Å². The predicted molar refractivity (Wildman–Crippen MR) is 251 cm³/mol. The van der Waals surface area contributed by atoms with Crippen LogP contribution in [-0.4, -0.2) is 118 Å². The van der Waals surface area contributed by atoms with Gasteiger partial charge < -0.3 is 39.2 Å². The molecule has 0 unspecified atom stereocenters. The quantitative estimate of drug-likeness (QED) is 0.0500. The second-order valence-electron chi connectivity index (χ2n) is 19.3. The first-order valence-electron chi connectivity index (χ1n) is 23.6. The lowest BCUT2D eigenvalue weighted by atomic mass is 9.92. The van der Waals surface area contributed by atoms with Crippen molar-refractivity contribution in [1.29, 1.82) is 0 Å². The van der Waals surface area contributed by atoms with Gasteiger partial charge in [0.05, 0.1) is 57.7 Å². The lowest BCUT2D eigenvalue weighted by Gasteiger charge is -2.28. The molecule has 0 heterocycles. The molecule has 0 aromatic heterocycles. The molecule has 1 aromatic carbocycles. The van der Waals surface area contributed by atoms with E-state index in [1.54, 1.807) is 56.9 Å². The number of carbonyl (C=O) groups excluding carboxylic acids is 7. The molecule has 370 valence electrons. The van der Waals surface area contributed by atoms with Gasteiger partial charge in [-0.15, -0.1) is 0 Å². The summed E-state index contributed by atoms with van der Waals surface area (Å²) in [6.07, 6.45) is 4.54. The van der Waals surface area contributed by atoms with Crippen LogP contribution in [0.25, 0.3) is 0 Å². The molecule has 0 aliphatic carbocycles. The number of nitrogens with zero attached hydrogens (tertiary/aromatic N) is 1. The minimum Gasteiger partial charge on any atom is -0.460 e. The Kier molecular flexibility index (Phi) is 29.6. The smallest absolute Gasteiger partial charge is 0.311 e. The van der Waals surface area contributed by atoms with Crippen LogP contribution in [0.2, 0.25) is 0 Å². The zero-order valence-electron chi connectivity index (χ0n) is 41.4. The molecule has 1 aromatic rings. The maximum atomic E-state index is 13.4. The van der Waals surface area contributed by atoms with Crippen molar-refractivity contribution in [2.45, 2.75) is 153 Å². The van der Waals surface area contributed by atoms with E-state index in [2.05, 4.69) is 38.3 Å². The van der Waals surface area contributed by atoms with Crippen LogP contribution in [0.5, 0.6) is 0 Å². The number of benzene rings is 1. The van der Waals surface area contributed by atoms with Gasteiger partial charge in [-0.2, -0.15) is 0 Å². The Bertz CT molecular complexity index is 1580. The number of carbonyl (C=O) groups is 7. The van der Waals surface area contributed by atoms with Gasteiger partial charge in [0.25, 0.3) is 0 Å². The lowest BCUT2D eigenvalue weighted by Crippen LogP contribution is -2.46. The normalized spacial score (nSPS) is 12.7. The van der Waals surface area contributed by atoms with Crippen LogP contribution in [0.3, 0.4) is 0 Å². The third-order valence-electron chi connectivity index (χ3n) is 10.4. The summed E-state index contributed by atoms with van der Waals surface area (Å²) in [5.41, 5.74) is 0.633. The number of nitrogens with one attached hydrogen (secondary N) is 2. The zero-order valence-corrected chi connectivity index (χ0v) is 41.4. The first-order valence-corrected chi connectivity index (χ1v) is 23.6. The Morgan fingerprint density at radius 2 is 1.20 bits per heavy atom. The standard InChI is InChI=1S/C50H83N3O12/c1-11-12-14-42(55)23-28-62-30-32-64-34-33-63-31-29-61-27-13-15-41(54)20-21-45(58)53(26-24-49(5,6)7)25-22-44(57)52-46(37(2)3)43(56)35-38(4)47(59)51-40-18-16-39(17-19-40)36-65-48(60)50(8,9)10/h16-19,37-38,46H,11-15,20-36H2,1-10H3,(H,51,59)(H,52,57)/t38-,46+/m1/s1. The van der Waals surface area contributed by atoms with Crippen molar-refractivity contribution >= 4 is 46.7 Å². The molecule has 65 heavy (non-hydrogen) atoms. The van der Waals surface area contributed by atoms with Crippen LogP contribution >= 0.6 is 0 Å². The Hall–Kier alpha value is -4.05. The Morgan fingerprint density at radius 1 is 0.646 bits per heavy atom. The average Bonchev–Trinajstić information content (AvgIpc) is 3.23. The molecular weight excluding hydrogens is 835 g/mol. The van der Waals surface area contributed by atoms with Gasteiger partial charge in [-0.3, -0.25) is 33.6 Å². The zero-order chi connectivity index (χ0) is 48.8. The molecular formula is C50H83N3O12. The number of anilines is 1. The third kappa shape index (κ3) is 29.3. The number of hydrogen-bond donors (Lipinski definition) is 2. The van der Waals surface area contributed by atoms with E-state index in [-0.39, 0.29) is 97.6 Å². The van der Waals surface area contributed by atoms with Crippen molar-refractivity contribution in [3.8, 4) is 0 Å². The van der Waals surface area contributed by atoms with Gasteiger partial charge in [-0.05, 0) is 69.1 Å². The minimum absolute atomic E-state index is 0.0197. The second-order valence-corrected chi connectivity index (χ2v) is 19.3. The number of Topliss-reactive ketones (excluding diaryl/α,β-unsaturated/α-hetero) is 3. The fourth-order valence-corrected chi connectivity index (χ4v) is 6.12. The summed E-state index contributed by atoms with van der Waals surface area (Å²) in [5, 5.41) is 5.67. The molecule has 15 heteroatoms. The Labute approximate surface area is 389 Å². The van der Waals surface area contributed by atoms with E-state index in [9.17, 15) is 33.6 Å². The Morgan fingerprint density at radius 3 is 1.75 bits per heavy atom. The average molecular weight is 918 g/mol. The van der Waals surface area contributed by atoms with E-state index in [1.165, 1.54) is 0 Å². The fourth-order valence-electron chi connectivity index (χ4n) is 6.12. The summed E-state index contributed by atoms with van der Waals surface area (Å²) in [6, 6.07) is 6.10. The molecule has 0 aliphatic rings. The van der Waals surface area contributed by atoms with Crippen molar-refractivity contribution in [2.24, 2.45) is 22.7 Å². The van der Waals surface area contributed by atoms with Crippen molar-refractivity contribution in [3.05, 3.63) is 29.8 Å². The van der Waals surface area contributed by atoms with E-state index in [1.807, 2.05) is 13.8 Å². The number of unbranched alkanes of at least 4 members (excludes halogenated alkanes) is 1. The first kappa shape index (κ1) is 59.0. The summed E-state index contributed by atoms with van der Waals surface area (Å²) in [7, 11) is 0. The van der Waals surface area contributed by atoms with Crippen LogP contribution in [-0.2, 0) is 63.9 Å². The summed E-state index contributed by atoms with van der Waals surface area (Å²) in [4.78, 5) is 91.0. The summed E-state index contributed by atoms with van der Waals surface area (Å²) in [5.74, 6) is -2.22. The molecule has 0 aliphatic heterocycles. The monoisotopic (exact) mass is 918 g/mol. The molecule has 1 rings (SSSR count). The molecule has 15 nitrogen and oxygen atoms in total. The number of ketones is 3. The highest BCUT2D eigenvalue weighted by Crippen LogP contribution is 2.21. The van der Waals surface area contributed by atoms with E-state index >= 15 is 0 Å². The lowest BCUT2D eigenvalue weighted by molar-refractivity contribution is -0.154. The maximum absolute atomic E-state index is 13.4. The predicted octanol–water partition coefficient (Wildman–Crippen LogP) is 7.45. The van der Waals surface area contributed by atoms with Gasteiger partial charge in [0.1, 0.15) is 18.2 Å². The molecule has 0 saturated heterocycles. The summed E-state index contributed by atoms with van der Waals surface area (Å²) >= 11 is 0. The summed E-state index contributed by atoms with van der Waals surface area (Å²) in [6.45, 7) is 22.9. The van der Waals surface area contributed by atoms with Gasteiger partial charge in [0.2, 0.25) is 17.7 Å². The van der Waals surface area contributed by atoms with Gasteiger partial charge in [-0.1, -0.05) is 67.0 Å². The number of rotatable bonds is 36. The van der Waals surface area contributed by atoms with Crippen molar-refractivity contribution in [1.82, 2.24) is 10.2 Å². The van der Waals surface area contributed by atoms with Crippen LogP contribution in [0.1, 0.15) is 145 Å². The fraction of sp³-hybridized carbons (Fsp3) is 0.740. The molecule has 0 spiro atoms. The molecule has 0 fully saturated rings. The molecule has 0 saturated carbocycles. The second kappa shape index (κ2) is 32.6. The van der Waals surface area contributed by atoms with Crippen LogP contribution in [0.4, 0.5) is 5.69 Å². The third-order valence-corrected chi connectivity index (χ3v) is 10.4. The van der Waals surface area contributed by atoms with Crippen LogP contribution in [0, 0.1) is 22.7 Å². The van der Waals surface area contributed by atoms with Gasteiger partial charge in [0.15, 0.2) is 5.78 Å². The number of ether oxygens (including phenoxy) is 5. The summed E-state index contributed by atoms with van der Waals surface area (Å²) < 4.78 is 27.3. The number of esters is 1. The highest BCUT2D eigenvalue weighted by atomic mass is 16.6. The highest BCUT2D eigenvalue weighted by Gasteiger charge is 2.28. The first-order chi connectivity index (χ1) is 30.6. The van der Waals surface area contributed by atoms with Crippen molar-refractivity contribution < 1.29 is 57.2 Å². The minimum atomic E-state index is -0.818. The van der Waals surface area contributed by atoms with E-state index in [0.717, 1.165) is 18.4 Å².